The maximum atomic E-state index is 13.1. The minimum absolute atomic E-state index is 0. The molecule has 0 spiro atoms. The molecule has 153 valence electrons. The number of halogens is 2. The summed E-state index contributed by atoms with van der Waals surface area (Å²) < 4.78 is 0. The Kier molecular flexibility index (Phi) is 9.34. The molecule has 4 rings (SSSR count). The van der Waals surface area contributed by atoms with Crippen molar-refractivity contribution in [3.63, 3.8) is 0 Å². The van der Waals surface area contributed by atoms with E-state index < -0.39 is 0 Å². The largest absolute Gasteiger partial charge is 2.00 e. The minimum Gasteiger partial charge on any atom is -1.00 e. The van der Waals surface area contributed by atoms with E-state index in [-0.39, 0.29) is 54.0 Å². The molecule has 29 heavy (non-hydrogen) atoms. The van der Waals surface area contributed by atoms with Gasteiger partial charge in [-0.15, -0.1) is 0 Å². The molecule has 1 aliphatic rings. The van der Waals surface area contributed by atoms with Crippen molar-refractivity contribution in [2.75, 3.05) is 5.32 Å². The Morgan fingerprint density at radius 1 is 0.966 bits per heavy atom. The molecule has 1 aromatic heterocycles. The van der Waals surface area contributed by atoms with E-state index in [1.165, 1.54) is 5.01 Å². The number of carbonyl (C=O) groups is 1. The van der Waals surface area contributed by atoms with Crippen molar-refractivity contribution >= 4 is 17.3 Å². The zero-order valence-corrected chi connectivity index (χ0v) is 17.8. The average molecular weight is 477 g/mol. The van der Waals surface area contributed by atoms with Crippen LogP contribution in [0.3, 0.4) is 0 Å². The molecular formula is C21H18Cl2CuN4O. The van der Waals surface area contributed by atoms with E-state index in [1.807, 2.05) is 79.7 Å². The van der Waals surface area contributed by atoms with E-state index in [2.05, 4.69) is 15.4 Å². The third-order valence-electron chi connectivity index (χ3n) is 4.31. The number of hydrogen-bond donors (Lipinski definition) is 1. The Labute approximate surface area is 192 Å². The van der Waals surface area contributed by atoms with E-state index in [4.69, 9.17) is 0 Å². The van der Waals surface area contributed by atoms with Crippen LogP contribution < -0.4 is 30.1 Å². The summed E-state index contributed by atoms with van der Waals surface area (Å²) in [4.78, 5) is 17.4. The van der Waals surface area contributed by atoms with Gasteiger partial charge >= 0.3 is 17.1 Å². The zero-order valence-electron chi connectivity index (χ0n) is 15.4. The molecule has 0 aliphatic carbocycles. The van der Waals surface area contributed by atoms with Gasteiger partial charge < -0.3 is 30.1 Å². The molecule has 3 aromatic rings. The number of rotatable bonds is 3. The van der Waals surface area contributed by atoms with Crippen LogP contribution >= 0.6 is 0 Å². The number of amides is 1. The molecule has 0 saturated heterocycles. The third kappa shape index (κ3) is 5.17. The summed E-state index contributed by atoms with van der Waals surface area (Å²) in [5, 5.41) is 9.55. The van der Waals surface area contributed by atoms with Gasteiger partial charge in [0.2, 0.25) is 0 Å². The van der Waals surface area contributed by atoms with Crippen molar-refractivity contribution in [1.29, 1.82) is 0 Å². The quantitative estimate of drug-likeness (QED) is 0.354. The van der Waals surface area contributed by atoms with Crippen molar-refractivity contribution < 1.29 is 46.7 Å². The Morgan fingerprint density at radius 2 is 1.62 bits per heavy atom. The SMILES string of the molecule is C/C(=N\N1C(=O)c2ccccc2NC1c1ccccc1)c1ccccn1.[Cl-].[Cl-].[Cu+2]. The number of pyridine rings is 1. The van der Waals surface area contributed by atoms with Crippen LogP contribution in [-0.2, 0) is 17.1 Å². The molecule has 1 N–H and O–H groups in total. The fraction of sp³-hybridized carbons (Fsp3) is 0.0952. The van der Waals surface area contributed by atoms with Gasteiger partial charge in [-0.2, -0.15) is 5.10 Å². The Hall–Kier alpha value is -2.37. The van der Waals surface area contributed by atoms with Crippen molar-refractivity contribution in [3.8, 4) is 0 Å². The first-order valence-electron chi connectivity index (χ1n) is 8.45. The van der Waals surface area contributed by atoms with Crippen molar-refractivity contribution in [2.45, 2.75) is 13.1 Å². The van der Waals surface area contributed by atoms with Crippen LogP contribution in [0.4, 0.5) is 5.69 Å². The Bertz CT molecular complexity index is 971. The first-order valence-corrected chi connectivity index (χ1v) is 8.45. The van der Waals surface area contributed by atoms with Gasteiger partial charge in [0.25, 0.3) is 5.91 Å². The van der Waals surface area contributed by atoms with E-state index >= 15 is 0 Å². The first kappa shape index (κ1) is 24.7. The molecule has 1 aliphatic heterocycles. The molecule has 0 bridgehead atoms. The van der Waals surface area contributed by atoms with E-state index in [9.17, 15) is 4.79 Å². The van der Waals surface area contributed by atoms with Crippen LogP contribution in [0, 0.1) is 0 Å². The number of fused-ring (bicyclic) bond motifs is 1. The molecule has 8 heteroatoms. The zero-order chi connectivity index (χ0) is 17.9. The van der Waals surface area contributed by atoms with Crippen LogP contribution in [0.1, 0.15) is 34.7 Å². The fourth-order valence-electron chi connectivity index (χ4n) is 3.00. The molecule has 0 saturated carbocycles. The molecule has 2 heterocycles. The number of hydrazone groups is 1. The van der Waals surface area contributed by atoms with Crippen LogP contribution in [0.25, 0.3) is 0 Å². The van der Waals surface area contributed by atoms with Gasteiger partial charge in [0, 0.05) is 11.9 Å². The van der Waals surface area contributed by atoms with E-state index in [1.54, 1.807) is 6.20 Å². The summed E-state index contributed by atoms with van der Waals surface area (Å²) in [5.74, 6) is -0.136. The number of aromatic nitrogens is 1. The summed E-state index contributed by atoms with van der Waals surface area (Å²) in [6.07, 6.45) is 1.34. The summed E-state index contributed by atoms with van der Waals surface area (Å²) in [6.45, 7) is 1.86. The maximum Gasteiger partial charge on any atom is 2.00 e. The third-order valence-corrected chi connectivity index (χ3v) is 4.31. The Morgan fingerprint density at radius 3 is 2.31 bits per heavy atom. The monoisotopic (exact) mass is 475 g/mol. The molecule has 5 nitrogen and oxygen atoms in total. The number of benzene rings is 2. The number of anilines is 1. The first-order chi connectivity index (χ1) is 12.7. The average Bonchev–Trinajstić information content (AvgIpc) is 2.71. The summed E-state index contributed by atoms with van der Waals surface area (Å²) in [7, 11) is 0. The number of hydrogen-bond acceptors (Lipinski definition) is 4. The van der Waals surface area contributed by atoms with Gasteiger partial charge in [-0.3, -0.25) is 9.78 Å². The number of para-hydroxylation sites is 1. The predicted molar refractivity (Wildman–Crippen MR) is 102 cm³/mol. The summed E-state index contributed by atoms with van der Waals surface area (Å²) >= 11 is 0. The van der Waals surface area contributed by atoms with Gasteiger partial charge in [0.1, 0.15) is 0 Å². The minimum atomic E-state index is -0.378. The van der Waals surface area contributed by atoms with E-state index in [0.29, 0.717) is 11.3 Å². The second-order valence-corrected chi connectivity index (χ2v) is 6.05. The van der Waals surface area contributed by atoms with Crippen molar-refractivity contribution in [2.24, 2.45) is 5.10 Å². The number of carbonyl (C=O) groups excluding carboxylic acids is 1. The topological polar surface area (TPSA) is 57.6 Å². The number of nitrogens with zero attached hydrogens (tertiary/aromatic N) is 3. The smallest absolute Gasteiger partial charge is 1.00 e. The Balaban J connectivity index is 0.00000140. The van der Waals surface area contributed by atoms with Crippen molar-refractivity contribution in [3.05, 3.63) is 95.8 Å². The second kappa shape index (κ2) is 11.0. The van der Waals surface area contributed by atoms with Crippen LogP contribution in [0.15, 0.2) is 84.1 Å². The van der Waals surface area contributed by atoms with Gasteiger partial charge in [-0.05, 0) is 36.8 Å². The molecule has 0 fully saturated rings. The fourth-order valence-corrected chi connectivity index (χ4v) is 3.00. The predicted octanol–water partition coefficient (Wildman–Crippen LogP) is -1.92. The number of nitrogens with one attached hydrogen (secondary N) is 1. The van der Waals surface area contributed by atoms with Gasteiger partial charge in [0.15, 0.2) is 6.17 Å². The van der Waals surface area contributed by atoms with E-state index in [0.717, 1.165) is 16.9 Å². The van der Waals surface area contributed by atoms with Gasteiger partial charge in [-0.25, -0.2) is 5.01 Å². The molecule has 1 amide bonds. The molecule has 2 aromatic carbocycles. The van der Waals surface area contributed by atoms with Gasteiger partial charge in [0.05, 0.1) is 17.0 Å². The normalized spacial score (nSPS) is 15.1. The van der Waals surface area contributed by atoms with Crippen molar-refractivity contribution in [1.82, 2.24) is 9.99 Å². The summed E-state index contributed by atoms with van der Waals surface area (Å²) in [5.41, 5.74) is 3.81. The molecule has 1 atom stereocenters. The molecule has 1 unspecified atom stereocenters. The van der Waals surface area contributed by atoms with Gasteiger partial charge in [-0.1, -0.05) is 48.5 Å². The maximum absolute atomic E-state index is 13.1. The molecule has 1 radical (unpaired) electrons. The van der Waals surface area contributed by atoms with Crippen LogP contribution in [0.5, 0.6) is 0 Å². The van der Waals surface area contributed by atoms with Crippen LogP contribution in [0.2, 0.25) is 0 Å². The summed E-state index contributed by atoms with van der Waals surface area (Å²) in [6, 6.07) is 23.0. The molecular weight excluding hydrogens is 459 g/mol. The standard InChI is InChI=1S/C21H18N4O.2ClH.Cu/c1-15(18-12-7-8-14-22-18)24-25-20(16-9-3-2-4-10-16)23-19-13-6-5-11-17(19)21(25)26;;;/h2-14,20,23H,1H3;2*1H;/q;;;+2/p-2/b24-15+;;;. The van der Waals surface area contributed by atoms with Crippen LogP contribution in [-0.4, -0.2) is 21.6 Å². The second-order valence-electron chi connectivity index (χ2n) is 6.05.